The molecule has 3 N–H and O–H groups in total. The fourth-order valence-electron chi connectivity index (χ4n) is 4.40. The molecule has 42 heavy (non-hydrogen) atoms. The Kier molecular flexibility index (Phi) is 27.8. The van der Waals surface area contributed by atoms with Gasteiger partial charge in [0, 0.05) is 6.42 Å². The van der Waals surface area contributed by atoms with Crippen LogP contribution in [0.5, 0.6) is 0 Å². The number of hydrogen-bond acceptors (Lipinski definition) is 4. The second-order valence-corrected chi connectivity index (χ2v) is 12.6. The molecule has 0 saturated carbocycles. The van der Waals surface area contributed by atoms with Gasteiger partial charge in [-0.1, -0.05) is 126 Å². The van der Waals surface area contributed by atoms with E-state index in [4.69, 9.17) is 0 Å². The minimum atomic E-state index is -4.35. The highest BCUT2D eigenvalue weighted by molar-refractivity contribution is 7.85. The smallest absolute Gasteiger partial charge is 0.267 e. The third-order valence-corrected chi connectivity index (χ3v) is 7.70. The van der Waals surface area contributed by atoms with Crippen LogP contribution in [0.25, 0.3) is 0 Å². The van der Waals surface area contributed by atoms with Gasteiger partial charge in [-0.2, -0.15) is 8.42 Å². The summed E-state index contributed by atoms with van der Waals surface area (Å²) in [7, 11) is -4.35. The predicted molar refractivity (Wildman–Crippen MR) is 179 cm³/mol. The standard InChI is InChI=1S/C35H61NO5S/c1-3-5-7-9-11-13-14-15-16-17-18-19-20-21-22-23-25-27-29-31-35(38)36-33(32-42(39,40)41)34(37)30-28-26-24-12-10-8-6-4-2/h10-13,15-16,18-19,28,30,33-34,37H,3-9,14,17,20-27,29,31-32H2,1-2H3,(H,36,38)(H,39,40,41)/b12-10+,13-11-,16-15-,19-18-,30-28+. The van der Waals surface area contributed by atoms with Crippen molar-refractivity contribution in [2.45, 2.75) is 148 Å². The molecule has 2 atom stereocenters. The van der Waals surface area contributed by atoms with E-state index in [0.717, 1.165) is 64.2 Å². The summed E-state index contributed by atoms with van der Waals surface area (Å²) in [5.41, 5.74) is 0. The molecule has 7 heteroatoms. The van der Waals surface area contributed by atoms with Crippen molar-refractivity contribution in [1.29, 1.82) is 0 Å². The summed E-state index contributed by atoms with van der Waals surface area (Å²) in [5, 5.41) is 13.0. The van der Waals surface area contributed by atoms with E-state index in [9.17, 15) is 22.9 Å². The molecule has 0 bridgehead atoms. The molecular formula is C35H61NO5S. The average Bonchev–Trinajstić information content (AvgIpc) is 2.94. The Labute approximate surface area is 258 Å². The zero-order chi connectivity index (χ0) is 31.2. The minimum Gasteiger partial charge on any atom is -0.387 e. The Bertz CT molecular complexity index is 889. The predicted octanol–water partition coefficient (Wildman–Crippen LogP) is 8.95. The summed E-state index contributed by atoms with van der Waals surface area (Å²) >= 11 is 0. The number of carbonyl (C=O) groups excluding carboxylic acids is 1. The fourth-order valence-corrected chi connectivity index (χ4v) is 5.13. The summed E-state index contributed by atoms with van der Waals surface area (Å²) in [6.45, 7) is 4.38. The Morgan fingerprint density at radius 1 is 0.643 bits per heavy atom. The Morgan fingerprint density at radius 2 is 1.12 bits per heavy atom. The molecule has 0 aliphatic heterocycles. The summed E-state index contributed by atoms with van der Waals surface area (Å²) in [6, 6.07) is -1.08. The average molecular weight is 608 g/mol. The van der Waals surface area contributed by atoms with Crippen LogP contribution in [-0.4, -0.2) is 41.9 Å². The van der Waals surface area contributed by atoms with Gasteiger partial charge >= 0.3 is 0 Å². The quantitative estimate of drug-likeness (QED) is 0.0468. The molecule has 0 fully saturated rings. The van der Waals surface area contributed by atoms with Crippen LogP contribution in [0.4, 0.5) is 0 Å². The van der Waals surface area contributed by atoms with E-state index in [2.05, 4.69) is 67.8 Å². The largest absolute Gasteiger partial charge is 0.387 e. The van der Waals surface area contributed by atoms with Gasteiger partial charge in [-0.25, -0.2) is 0 Å². The van der Waals surface area contributed by atoms with Crippen molar-refractivity contribution in [2.24, 2.45) is 0 Å². The molecule has 2 unspecified atom stereocenters. The van der Waals surface area contributed by atoms with Crippen LogP contribution in [0.2, 0.25) is 0 Å². The lowest BCUT2D eigenvalue weighted by Gasteiger charge is -2.21. The Hall–Kier alpha value is -1.96. The van der Waals surface area contributed by atoms with Crippen LogP contribution in [0, 0.1) is 0 Å². The highest BCUT2D eigenvalue weighted by Gasteiger charge is 2.24. The second-order valence-electron chi connectivity index (χ2n) is 11.1. The van der Waals surface area contributed by atoms with Crippen molar-refractivity contribution in [1.82, 2.24) is 5.32 Å². The van der Waals surface area contributed by atoms with Gasteiger partial charge in [-0.15, -0.1) is 0 Å². The summed E-state index contributed by atoms with van der Waals surface area (Å²) in [5.74, 6) is -1.03. The maximum absolute atomic E-state index is 12.4. The highest BCUT2D eigenvalue weighted by atomic mass is 32.2. The van der Waals surface area contributed by atoms with Gasteiger partial charge in [0.15, 0.2) is 0 Å². The number of aliphatic hydroxyl groups excluding tert-OH is 1. The number of carbonyl (C=O) groups is 1. The van der Waals surface area contributed by atoms with Gasteiger partial charge in [0.25, 0.3) is 10.1 Å². The van der Waals surface area contributed by atoms with Crippen LogP contribution >= 0.6 is 0 Å². The van der Waals surface area contributed by atoms with E-state index in [-0.39, 0.29) is 12.3 Å². The third kappa shape index (κ3) is 29.5. The number of amides is 1. The van der Waals surface area contributed by atoms with Gasteiger partial charge in [-0.3, -0.25) is 9.35 Å². The molecule has 242 valence electrons. The molecule has 0 aromatic rings. The minimum absolute atomic E-state index is 0.270. The number of aliphatic hydroxyl groups is 1. The molecule has 0 aliphatic carbocycles. The number of unbranched alkanes of at least 4 members (excludes halogenated alkanes) is 12. The van der Waals surface area contributed by atoms with Crippen LogP contribution in [-0.2, 0) is 14.9 Å². The van der Waals surface area contributed by atoms with Crippen LogP contribution in [0.3, 0.4) is 0 Å². The monoisotopic (exact) mass is 607 g/mol. The zero-order valence-electron chi connectivity index (χ0n) is 26.6. The molecule has 6 nitrogen and oxygen atoms in total. The lowest BCUT2D eigenvalue weighted by atomic mass is 10.1. The van der Waals surface area contributed by atoms with Gasteiger partial charge in [-0.05, 0) is 64.2 Å². The third-order valence-electron chi connectivity index (χ3n) is 6.92. The first-order valence-electron chi connectivity index (χ1n) is 16.5. The van der Waals surface area contributed by atoms with Crippen LogP contribution in [0.1, 0.15) is 136 Å². The van der Waals surface area contributed by atoms with Gasteiger partial charge in [0.05, 0.1) is 17.9 Å². The lowest BCUT2D eigenvalue weighted by Crippen LogP contribution is -2.46. The first kappa shape index (κ1) is 40.0. The number of rotatable bonds is 28. The second kappa shape index (κ2) is 29.1. The van der Waals surface area contributed by atoms with E-state index in [1.165, 1.54) is 44.6 Å². The summed E-state index contributed by atoms with van der Waals surface area (Å²) < 4.78 is 32.1. The first-order chi connectivity index (χ1) is 20.3. The lowest BCUT2D eigenvalue weighted by molar-refractivity contribution is -0.122. The molecule has 1 amide bonds. The highest BCUT2D eigenvalue weighted by Crippen LogP contribution is 2.10. The van der Waals surface area contributed by atoms with Gasteiger partial charge < -0.3 is 10.4 Å². The molecule has 0 saturated heterocycles. The molecule has 0 aromatic carbocycles. The molecule has 0 radical (unpaired) electrons. The zero-order valence-corrected chi connectivity index (χ0v) is 27.4. The van der Waals surface area contributed by atoms with E-state index in [1.807, 2.05) is 0 Å². The Morgan fingerprint density at radius 3 is 1.74 bits per heavy atom. The number of allylic oxidation sites excluding steroid dienone is 9. The molecule has 0 aromatic heterocycles. The van der Waals surface area contributed by atoms with Crippen molar-refractivity contribution in [3.05, 3.63) is 60.8 Å². The normalized spacial score (nSPS) is 14.3. The van der Waals surface area contributed by atoms with Crippen molar-refractivity contribution >= 4 is 16.0 Å². The van der Waals surface area contributed by atoms with E-state index in [1.54, 1.807) is 6.08 Å². The topological polar surface area (TPSA) is 104 Å². The first-order valence-corrected chi connectivity index (χ1v) is 18.1. The maximum Gasteiger partial charge on any atom is 0.267 e. The number of hydrogen-bond donors (Lipinski definition) is 3. The van der Waals surface area contributed by atoms with Crippen LogP contribution < -0.4 is 5.32 Å². The van der Waals surface area contributed by atoms with Gasteiger partial charge in [0.1, 0.15) is 0 Å². The van der Waals surface area contributed by atoms with Crippen molar-refractivity contribution in [2.75, 3.05) is 5.75 Å². The van der Waals surface area contributed by atoms with Crippen molar-refractivity contribution < 1.29 is 22.9 Å². The summed E-state index contributed by atoms with van der Waals surface area (Å²) in [6.07, 6.45) is 39.3. The summed E-state index contributed by atoms with van der Waals surface area (Å²) in [4.78, 5) is 12.4. The van der Waals surface area contributed by atoms with E-state index in [0.29, 0.717) is 12.8 Å². The van der Waals surface area contributed by atoms with Crippen molar-refractivity contribution in [3.63, 3.8) is 0 Å². The molecule has 0 rings (SSSR count). The van der Waals surface area contributed by atoms with Crippen molar-refractivity contribution in [3.8, 4) is 0 Å². The SMILES string of the molecule is CCCC/C=C/CC/C=C/C(O)C(CS(=O)(=O)O)NC(=O)CCCCCCCC/C=C\C/C=C\C/C=C\CCCCC. The maximum atomic E-state index is 12.4. The molecule has 0 heterocycles. The van der Waals surface area contributed by atoms with E-state index >= 15 is 0 Å². The van der Waals surface area contributed by atoms with E-state index < -0.39 is 28.0 Å². The molecule has 0 spiro atoms. The Balaban J connectivity index is 4.02. The van der Waals surface area contributed by atoms with Crippen LogP contribution in [0.15, 0.2) is 60.8 Å². The number of nitrogens with one attached hydrogen (secondary N) is 1. The fraction of sp³-hybridized carbons (Fsp3) is 0.686. The molecular weight excluding hydrogens is 546 g/mol. The van der Waals surface area contributed by atoms with Gasteiger partial charge in [0.2, 0.25) is 5.91 Å². The molecule has 0 aliphatic rings.